The number of hydrogen-bond donors (Lipinski definition) is 0. The van der Waals surface area contributed by atoms with Gasteiger partial charge in [-0.2, -0.15) is 5.10 Å². The van der Waals surface area contributed by atoms with Crippen LogP contribution in [0.1, 0.15) is 22.4 Å². The first-order chi connectivity index (χ1) is 14.1. The van der Waals surface area contributed by atoms with Crippen LogP contribution >= 0.6 is 15.9 Å². The summed E-state index contributed by atoms with van der Waals surface area (Å²) >= 11 is 3.35. The third-order valence-electron chi connectivity index (χ3n) is 5.11. The third kappa shape index (κ3) is 5.10. The molecule has 0 fully saturated rings. The van der Waals surface area contributed by atoms with Crippen molar-refractivity contribution in [1.29, 1.82) is 0 Å². The van der Waals surface area contributed by atoms with Gasteiger partial charge in [0.25, 0.3) is 5.56 Å². The molecule has 0 aliphatic carbocycles. The smallest absolute Gasteiger partial charge is 0.270 e. The Morgan fingerprint density at radius 1 is 1.14 bits per heavy atom. The minimum atomic E-state index is -0.163. The first-order valence-electron chi connectivity index (χ1n) is 9.66. The molecule has 1 aliphatic rings. The Morgan fingerprint density at radius 2 is 2.03 bits per heavy atom. The Balaban J connectivity index is 1.36. The predicted molar refractivity (Wildman–Crippen MR) is 115 cm³/mol. The molecule has 1 aliphatic heterocycles. The van der Waals surface area contributed by atoms with Crippen molar-refractivity contribution in [2.45, 2.75) is 32.5 Å². The zero-order valence-corrected chi connectivity index (χ0v) is 17.9. The first-order valence-corrected chi connectivity index (χ1v) is 10.5. The zero-order chi connectivity index (χ0) is 20.2. The van der Waals surface area contributed by atoms with Gasteiger partial charge >= 0.3 is 0 Å². The second kappa shape index (κ2) is 8.88. The average molecular weight is 455 g/mol. The second-order valence-corrected chi connectivity index (χ2v) is 8.27. The summed E-state index contributed by atoms with van der Waals surface area (Å²) < 4.78 is 8.04. The third-order valence-corrected chi connectivity index (χ3v) is 5.58. The van der Waals surface area contributed by atoms with Crippen molar-refractivity contribution < 1.29 is 4.74 Å². The molecule has 0 unspecified atom stereocenters. The van der Waals surface area contributed by atoms with E-state index in [4.69, 9.17) is 4.74 Å². The summed E-state index contributed by atoms with van der Waals surface area (Å²) in [5.41, 5.74) is 4.68. The standard InChI is InChI=1S/C22H23BrN4O2/c1-26-8-7-17-3-2-16(10-18(17)14-26)6-9-27-22(28)11-21(13-25-27)29-15-20-5-4-19(23)12-24-20/h2-5,10-13H,6-9,14-15H2,1H3. The maximum absolute atomic E-state index is 12.4. The Bertz CT molecular complexity index is 1050. The number of aryl methyl sites for hydroxylation is 2. The van der Waals surface area contributed by atoms with Gasteiger partial charge in [0.1, 0.15) is 12.4 Å². The van der Waals surface area contributed by atoms with Crippen LogP contribution in [0.3, 0.4) is 0 Å². The second-order valence-electron chi connectivity index (χ2n) is 7.35. The molecule has 6 nitrogen and oxygen atoms in total. The van der Waals surface area contributed by atoms with E-state index in [2.05, 4.69) is 56.2 Å². The maximum Gasteiger partial charge on any atom is 0.270 e. The fourth-order valence-electron chi connectivity index (χ4n) is 3.45. The van der Waals surface area contributed by atoms with Crippen LogP contribution in [-0.4, -0.2) is 33.3 Å². The molecule has 0 atom stereocenters. The molecule has 4 rings (SSSR count). The molecular weight excluding hydrogens is 432 g/mol. The lowest BCUT2D eigenvalue weighted by Gasteiger charge is -2.25. The number of rotatable bonds is 6. The molecule has 0 amide bonds. The Hall–Kier alpha value is -2.51. The van der Waals surface area contributed by atoms with Gasteiger partial charge in [-0.25, -0.2) is 4.68 Å². The van der Waals surface area contributed by atoms with Crippen LogP contribution in [0.25, 0.3) is 0 Å². The normalized spacial score (nSPS) is 13.9. The number of aromatic nitrogens is 3. The van der Waals surface area contributed by atoms with E-state index in [9.17, 15) is 4.79 Å². The largest absolute Gasteiger partial charge is 0.485 e. The van der Waals surface area contributed by atoms with Gasteiger partial charge in [0.15, 0.2) is 0 Å². The van der Waals surface area contributed by atoms with Crippen LogP contribution in [0, 0.1) is 0 Å². The van der Waals surface area contributed by atoms with E-state index in [-0.39, 0.29) is 5.56 Å². The Labute approximate surface area is 178 Å². The molecule has 0 N–H and O–H groups in total. The van der Waals surface area contributed by atoms with Gasteiger partial charge in [0.05, 0.1) is 11.9 Å². The van der Waals surface area contributed by atoms with E-state index in [0.717, 1.165) is 36.1 Å². The van der Waals surface area contributed by atoms with Gasteiger partial charge in [-0.1, -0.05) is 18.2 Å². The van der Waals surface area contributed by atoms with Crippen molar-refractivity contribution in [2.75, 3.05) is 13.6 Å². The molecule has 150 valence electrons. The van der Waals surface area contributed by atoms with Gasteiger partial charge in [0.2, 0.25) is 0 Å². The summed E-state index contributed by atoms with van der Waals surface area (Å²) in [6, 6.07) is 11.9. The summed E-state index contributed by atoms with van der Waals surface area (Å²) in [6.07, 6.45) is 5.17. The molecule has 7 heteroatoms. The molecule has 0 radical (unpaired) electrons. The molecule has 3 aromatic rings. The van der Waals surface area contributed by atoms with E-state index in [0.29, 0.717) is 18.9 Å². The van der Waals surface area contributed by atoms with Crippen molar-refractivity contribution in [3.8, 4) is 5.75 Å². The van der Waals surface area contributed by atoms with Crippen LogP contribution in [0.2, 0.25) is 0 Å². The molecule has 0 saturated heterocycles. The number of benzene rings is 1. The maximum atomic E-state index is 12.4. The number of fused-ring (bicyclic) bond motifs is 1. The summed E-state index contributed by atoms with van der Waals surface area (Å²) in [7, 11) is 2.15. The van der Waals surface area contributed by atoms with Gasteiger partial charge < -0.3 is 9.64 Å². The lowest BCUT2D eigenvalue weighted by Crippen LogP contribution is -2.26. The van der Waals surface area contributed by atoms with E-state index < -0.39 is 0 Å². The first kappa shape index (κ1) is 19.8. The fourth-order valence-corrected chi connectivity index (χ4v) is 3.69. The molecule has 0 bridgehead atoms. The van der Waals surface area contributed by atoms with E-state index >= 15 is 0 Å². The van der Waals surface area contributed by atoms with Crippen molar-refractivity contribution in [2.24, 2.45) is 0 Å². The fraction of sp³-hybridized carbons (Fsp3) is 0.318. The molecule has 29 heavy (non-hydrogen) atoms. The number of halogens is 1. The minimum absolute atomic E-state index is 0.163. The SMILES string of the molecule is CN1CCc2ccc(CCn3ncc(OCc4ccc(Br)cn4)cc3=O)cc2C1. The molecule has 0 saturated carbocycles. The lowest BCUT2D eigenvalue weighted by atomic mass is 9.97. The zero-order valence-electron chi connectivity index (χ0n) is 16.3. The summed E-state index contributed by atoms with van der Waals surface area (Å²) in [5, 5.41) is 4.26. The summed E-state index contributed by atoms with van der Waals surface area (Å²) in [4.78, 5) is 19.0. The predicted octanol–water partition coefficient (Wildman–Crippen LogP) is 3.21. The van der Waals surface area contributed by atoms with E-state index in [1.807, 2.05) is 12.1 Å². The lowest BCUT2D eigenvalue weighted by molar-refractivity contribution is 0.297. The number of likely N-dealkylation sites (N-methyl/N-ethyl adjacent to an activating group) is 1. The highest BCUT2D eigenvalue weighted by molar-refractivity contribution is 9.10. The molecule has 3 heterocycles. The highest BCUT2D eigenvalue weighted by Gasteiger charge is 2.13. The number of ether oxygens (including phenoxy) is 1. The molecule has 2 aromatic heterocycles. The van der Waals surface area contributed by atoms with Crippen molar-refractivity contribution >= 4 is 15.9 Å². The van der Waals surface area contributed by atoms with Crippen LogP contribution in [-0.2, 0) is 32.5 Å². The Kier molecular flexibility index (Phi) is 6.06. The highest BCUT2D eigenvalue weighted by atomic mass is 79.9. The van der Waals surface area contributed by atoms with Crippen LogP contribution in [0.5, 0.6) is 5.75 Å². The van der Waals surface area contributed by atoms with Crippen molar-refractivity contribution in [3.63, 3.8) is 0 Å². The van der Waals surface area contributed by atoms with E-state index in [1.165, 1.54) is 27.4 Å². The highest BCUT2D eigenvalue weighted by Crippen LogP contribution is 2.20. The summed E-state index contributed by atoms with van der Waals surface area (Å²) in [5.74, 6) is 0.452. The van der Waals surface area contributed by atoms with Crippen molar-refractivity contribution in [1.82, 2.24) is 19.7 Å². The monoisotopic (exact) mass is 454 g/mol. The summed E-state index contributed by atoms with van der Waals surface area (Å²) in [6.45, 7) is 2.93. The quantitative estimate of drug-likeness (QED) is 0.572. The van der Waals surface area contributed by atoms with Crippen molar-refractivity contribution in [3.05, 3.63) is 86.0 Å². The molecule has 0 spiro atoms. The van der Waals surface area contributed by atoms with E-state index in [1.54, 1.807) is 12.4 Å². The topological polar surface area (TPSA) is 60.3 Å². The number of pyridine rings is 1. The van der Waals surface area contributed by atoms with Gasteiger partial charge in [-0.3, -0.25) is 9.78 Å². The van der Waals surface area contributed by atoms with Crippen LogP contribution in [0.15, 0.2) is 58.1 Å². The molecule has 1 aromatic carbocycles. The number of hydrogen-bond acceptors (Lipinski definition) is 5. The average Bonchev–Trinajstić information content (AvgIpc) is 2.72. The Morgan fingerprint density at radius 3 is 2.83 bits per heavy atom. The van der Waals surface area contributed by atoms with Crippen LogP contribution < -0.4 is 10.3 Å². The molecular formula is C22H23BrN4O2. The number of nitrogens with zero attached hydrogens (tertiary/aromatic N) is 4. The van der Waals surface area contributed by atoms with Gasteiger partial charge in [-0.15, -0.1) is 0 Å². The minimum Gasteiger partial charge on any atom is -0.485 e. The van der Waals surface area contributed by atoms with Crippen LogP contribution in [0.4, 0.5) is 0 Å². The van der Waals surface area contributed by atoms with Gasteiger partial charge in [-0.05, 0) is 64.6 Å². The van der Waals surface area contributed by atoms with Gasteiger partial charge in [0, 0.05) is 36.4 Å².